The van der Waals surface area contributed by atoms with Crippen LogP contribution in [0.2, 0.25) is 0 Å². The summed E-state index contributed by atoms with van der Waals surface area (Å²) < 4.78 is 62.3. The van der Waals surface area contributed by atoms with Gasteiger partial charge in [-0.2, -0.15) is 0 Å². The molecule has 0 saturated carbocycles. The highest BCUT2D eigenvalue weighted by Crippen LogP contribution is 2.28. The van der Waals surface area contributed by atoms with Gasteiger partial charge in [0.25, 0.3) is 26.0 Å². The highest BCUT2D eigenvalue weighted by atomic mass is 32.2. The first kappa shape index (κ1) is 28.7. The molecule has 0 aliphatic heterocycles. The van der Waals surface area contributed by atoms with Crippen molar-refractivity contribution in [2.75, 3.05) is 21.9 Å². The van der Waals surface area contributed by atoms with Crippen LogP contribution in [0.4, 0.5) is 17.1 Å². The zero-order valence-electron chi connectivity index (χ0n) is 22.3. The molecule has 40 heavy (non-hydrogen) atoms. The summed E-state index contributed by atoms with van der Waals surface area (Å²) in [7, 11) is -6.44. The third kappa shape index (κ3) is 6.61. The Balaban J connectivity index is 1.51. The van der Waals surface area contributed by atoms with Crippen LogP contribution in [0, 0.1) is 20.8 Å². The molecule has 0 aliphatic carbocycles. The normalized spacial score (nSPS) is 11.5. The number of rotatable bonds is 9. The van der Waals surface area contributed by atoms with Crippen LogP contribution in [0.3, 0.4) is 0 Å². The second-order valence-electron chi connectivity index (χ2n) is 9.24. The lowest BCUT2D eigenvalue weighted by molar-refractivity contribution is 0.102. The highest BCUT2D eigenvalue weighted by Gasteiger charge is 2.20. The standard InChI is InChI=1S/C29H29N3O6S2/c1-19-6-5-7-24(16-19)31-40(36,37)28-18-22(10-9-21(28)3)29(33)30-23-11-13-25(14-12-23)39(34,35)32-26-17-20(2)8-15-27(26)38-4/h5-18,31-32H,1-4H3,(H,30,33). The number of nitrogens with one attached hydrogen (secondary N) is 3. The van der Waals surface area contributed by atoms with Crippen molar-refractivity contribution in [3.8, 4) is 5.75 Å². The highest BCUT2D eigenvalue weighted by molar-refractivity contribution is 7.93. The summed E-state index contributed by atoms with van der Waals surface area (Å²) in [5.74, 6) is -0.170. The molecule has 9 nitrogen and oxygen atoms in total. The molecule has 0 radical (unpaired) electrons. The number of amides is 1. The van der Waals surface area contributed by atoms with Crippen LogP contribution in [0.15, 0.2) is 94.7 Å². The van der Waals surface area contributed by atoms with Gasteiger partial charge in [0.05, 0.1) is 22.6 Å². The molecule has 0 unspecified atom stereocenters. The van der Waals surface area contributed by atoms with Crippen molar-refractivity contribution in [3.05, 3.63) is 107 Å². The second-order valence-corrected chi connectivity index (χ2v) is 12.6. The minimum absolute atomic E-state index is 0.0139. The Bertz CT molecular complexity index is 1790. The fourth-order valence-electron chi connectivity index (χ4n) is 3.98. The molecule has 0 atom stereocenters. The largest absolute Gasteiger partial charge is 0.495 e. The van der Waals surface area contributed by atoms with E-state index >= 15 is 0 Å². The van der Waals surface area contributed by atoms with Gasteiger partial charge in [0.15, 0.2) is 0 Å². The number of benzene rings is 4. The van der Waals surface area contributed by atoms with Crippen molar-refractivity contribution >= 4 is 43.0 Å². The lowest BCUT2D eigenvalue weighted by atomic mass is 10.1. The Labute approximate surface area is 234 Å². The molecule has 0 bridgehead atoms. The summed E-state index contributed by atoms with van der Waals surface area (Å²) in [6.45, 7) is 5.33. The Morgan fingerprint density at radius 3 is 2.08 bits per heavy atom. The average molecular weight is 580 g/mol. The first-order valence-electron chi connectivity index (χ1n) is 12.2. The Morgan fingerprint density at radius 2 is 1.40 bits per heavy atom. The Hall–Kier alpha value is -4.35. The number of hydrogen-bond donors (Lipinski definition) is 3. The molecule has 0 spiro atoms. The van der Waals surface area contributed by atoms with Crippen molar-refractivity contribution in [2.45, 2.75) is 30.6 Å². The van der Waals surface area contributed by atoms with E-state index in [1.165, 1.54) is 43.5 Å². The van der Waals surface area contributed by atoms with Crippen LogP contribution in [0.25, 0.3) is 0 Å². The minimum atomic E-state index is -3.96. The predicted octanol–water partition coefficient (Wildman–Crippen LogP) is 5.47. The monoisotopic (exact) mass is 579 g/mol. The lowest BCUT2D eigenvalue weighted by Gasteiger charge is -2.14. The summed E-state index contributed by atoms with van der Waals surface area (Å²) in [5, 5.41) is 2.68. The molecule has 4 aromatic rings. The Kier molecular flexibility index (Phi) is 8.17. The molecule has 0 aromatic heterocycles. The van der Waals surface area contributed by atoms with Gasteiger partial charge >= 0.3 is 0 Å². The van der Waals surface area contributed by atoms with Crippen molar-refractivity contribution in [1.82, 2.24) is 0 Å². The first-order chi connectivity index (χ1) is 18.9. The maximum Gasteiger partial charge on any atom is 0.262 e. The van der Waals surface area contributed by atoms with Gasteiger partial charge in [-0.15, -0.1) is 0 Å². The van der Waals surface area contributed by atoms with Gasteiger partial charge < -0.3 is 10.1 Å². The smallest absolute Gasteiger partial charge is 0.262 e. The lowest BCUT2D eigenvalue weighted by Crippen LogP contribution is -2.17. The molecule has 0 heterocycles. The SMILES string of the molecule is COc1ccc(C)cc1NS(=O)(=O)c1ccc(NC(=O)c2ccc(C)c(S(=O)(=O)Nc3cccc(C)c3)c2)cc1. The summed E-state index contributed by atoms with van der Waals surface area (Å²) in [6, 6.07) is 22.1. The number of ether oxygens (including phenoxy) is 1. The third-order valence-electron chi connectivity index (χ3n) is 6.03. The molecule has 0 saturated heterocycles. The zero-order chi connectivity index (χ0) is 29.1. The van der Waals surface area contributed by atoms with Crippen LogP contribution < -0.4 is 19.5 Å². The fourth-order valence-corrected chi connectivity index (χ4v) is 6.36. The molecular weight excluding hydrogens is 550 g/mol. The van der Waals surface area contributed by atoms with E-state index in [0.29, 0.717) is 28.4 Å². The number of aryl methyl sites for hydroxylation is 3. The van der Waals surface area contributed by atoms with Crippen molar-refractivity contribution < 1.29 is 26.4 Å². The summed E-state index contributed by atoms with van der Waals surface area (Å²) in [4.78, 5) is 12.9. The zero-order valence-corrected chi connectivity index (χ0v) is 24.0. The second kappa shape index (κ2) is 11.4. The number of methoxy groups -OCH3 is 1. The van der Waals surface area contributed by atoms with E-state index in [0.717, 1.165) is 11.1 Å². The van der Waals surface area contributed by atoms with Crippen LogP contribution in [0.5, 0.6) is 5.75 Å². The van der Waals surface area contributed by atoms with Gasteiger partial charge in [0, 0.05) is 16.9 Å². The number of carbonyl (C=O) groups is 1. The molecule has 4 rings (SSSR count). The molecule has 1 amide bonds. The van der Waals surface area contributed by atoms with Crippen molar-refractivity contribution in [3.63, 3.8) is 0 Å². The van der Waals surface area contributed by atoms with Gasteiger partial charge in [0.1, 0.15) is 5.75 Å². The van der Waals surface area contributed by atoms with E-state index in [1.54, 1.807) is 49.4 Å². The molecule has 208 valence electrons. The van der Waals surface area contributed by atoms with Crippen molar-refractivity contribution in [2.24, 2.45) is 0 Å². The average Bonchev–Trinajstić information content (AvgIpc) is 2.89. The molecule has 0 fully saturated rings. The van der Waals surface area contributed by atoms with E-state index in [9.17, 15) is 21.6 Å². The third-order valence-corrected chi connectivity index (χ3v) is 8.94. The van der Waals surface area contributed by atoms with Crippen LogP contribution in [-0.4, -0.2) is 29.9 Å². The van der Waals surface area contributed by atoms with E-state index in [2.05, 4.69) is 14.8 Å². The minimum Gasteiger partial charge on any atom is -0.495 e. The van der Waals surface area contributed by atoms with Gasteiger partial charge in [0.2, 0.25) is 0 Å². The van der Waals surface area contributed by atoms with Gasteiger partial charge in [-0.1, -0.05) is 24.3 Å². The van der Waals surface area contributed by atoms with Gasteiger partial charge in [-0.25, -0.2) is 16.8 Å². The number of hydrogen-bond acceptors (Lipinski definition) is 6. The maximum absolute atomic E-state index is 13.1. The molecule has 11 heteroatoms. The summed E-state index contributed by atoms with van der Waals surface area (Å²) >= 11 is 0. The number of anilines is 3. The predicted molar refractivity (Wildman–Crippen MR) is 156 cm³/mol. The van der Waals surface area contributed by atoms with E-state index < -0.39 is 26.0 Å². The molecular formula is C29H29N3O6S2. The van der Waals surface area contributed by atoms with Gasteiger partial charge in [-0.3, -0.25) is 14.2 Å². The Morgan fingerprint density at radius 1 is 0.700 bits per heavy atom. The quantitative estimate of drug-likeness (QED) is 0.241. The summed E-state index contributed by atoms with van der Waals surface area (Å²) in [6.07, 6.45) is 0. The summed E-state index contributed by atoms with van der Waals surface area (Å²) in [5.41, 5.74) is 3.41. The number of carbonyl (C=O) groups excluding carboxylic acids is 1. The number of sulfonamides is 2. The van der Waals surface area contributed by atoms with E-state index in [-0.39, 0.29) is 15.4 Å². The first-order valence-corrected chi connectivity index (χ1v) is 15.1. The van der Waals surface area contributed by atoms with Crippen LogP contribution in [0.1, 0.15) is 27.0 Å². The van der Waals surface area contributed by atoms with Crippen LogP contribution in [-0.2, 0) is 20.0 Å². The van der Waals surface area contributed by atoms with Crippen LogP contribution >= 0.6 is 0 Å². The topological polar surface area (TPSA) is 131 Å². The molecule has 4 aromatic carbocycles. The van der Waals surface area contributed by atoms with E-state index in [4.69, 9.17) is 4.74 Å². The van der Waals surface area contributed by atoms with Gasteiger partial charge in [-0.05, 0) is 98.1 Å². The maximum atomic E-state index is 13.1. The fraction of sp³-hybridized carbons (Fsp3) is 0.138. The molecule has 3 N–H and O–H groups in total. The van der Waals surface area contributed by atoms with Crippen molar-refractivity contribution in [1.29, 1.82) is 0 Å². The molecule has 0 aliphatic rings. The van der Waals surface area contributed by atoms with E-state index in [1.807, 2.05) is 19.9 Å².